The molecule has 0 radical (unpaired) electrons. The summed E-state index contributed by atoms with van der Waals surface area (Å²) < 4.78 is 27.5. The Morgan fingerprint density at radius 3 is 2.76 bits per heavy atom. The van der Waals surface area contributed by atoms with Gasteiger partial charge in [0.05, 0.1) is 13.2 Å². The number of amides is 1. The first-order valence-corrected chi connectivity index (χ1v) is 9.75. The minimum absolute atomic E-state index is 0.201. The van der Waals surface area contributed by atoms with Crippen LogP contribution in [0.2, 0.25) is 0 Å². The third kappa shape index (κ3) is 6.11. The Balaban J connectivity index is 1.33. The van der Waals surface area contributed by atoms with Gasteiger partial charge in [0, 0.05) is 6.54 Å². The largest absolute Gasteiger partial charge is 0.445 e. The standard InChI is InChI=1S/C20H29NO8/c1-20(2)27-12-14-17(29-20)15(22)16(23)18(28-14)25-10-6-9-21-19(24)26-11-13-7-4-3-5-8-13/h3-5,7-8,14-18,22-23H,6,9-12H2,1-2H3,(H,21,24)/t14-,15-,16-,17-,18-/m1/s1. The molecule has 2 fully saturated rings. The van der Waals surface area contributed by atoms with Crippen molar-refractivity contribution in [2.75, 3.05) is 19.8 Å². The van der Waals surface area contributed by atoms with Crippen molar-refractivity contribution in [3.63, 3.8) is 0 Å². The Kier molecular flexibility index (Phi) is 7.44. The van der Waals surface area contributed by atoms with Crippen LogP contribution in [-0.2, 0) is 30.3 Å². The summed E-state index contributed by atoms with van der Waals surface area (Å²) in [5.74, 6) is -0.848. The van der Waals surface area contributed by atoms with E-state index >= 15 is 0 Å². The Morgan fingerprint density at radius 2 is 2.00 bits per heavy atom. The lowest BCUT2D eigenvalue weighted by Crippen LogP contribution is -2.64. The first-order chi connectivity index (χ1) is 13.9. The second-order valence-electron chi connectivity index (χ2n) is 7.53. The van der Waals surface area contributed by atoms with E-state index in [-0.39, 0.29) is 19.8 Å². The van der Waals surface area contributed by atoms with Gasteiger partial charge >= 0.3 is 6.09 Å². The van der Waals surface area contributed by atoms with Gasteiger partial charge in [-0.25, -0.2) is 4.79 Å². The van der Waals surface area contributed by atoms with Gasteiger partial charge in [-0.2, -0.15) is 0 Å². The molecule has 5 atom stereocenters. The van der Waals surface area contributed by atoms with Gasteiger partial charge in [0.2, 0.25) is 0 Å². The molecule has 9 nitrogen and oxygen atoms in total. The maximum Gasteiger partial charge on any atom is 0.407 e. The molecule has 3 rings (SSSR count). The lowest BCUT2D eigenvalue weighted by Gasteiger charge is -2.48. The van der Waals surface area contributed by atoms with Crippen molar-refractivity contribution in [3.8, 4) is 0 Å². The van der Waals surface area contributed by atoms with Crippen LogP contribution in [0.4, 0.5) is 4.79 Å². The van der Waals surface area contributed by atoms with Crippen LogP contribution in [0.25, 0.3) is 0 Å². The molecule has 0 bridgehead atoms. The van der Waals surface area contributed by atoms with E-state index in [1.54, 1.807) is 13.8 Å². The van der Waals surface area contributed by atoms with Gasteiger partial charge in [-0.3, -0.25) is 0 Å². The Morgan fingerprint density at radius 1 is 1.24 bits per heavy atom. The summed E-state index contributed by atoms with van der Waals surface area (Å²) in [6, 6.07) is 9.39. The fraction of sp³-hybridized carbons (Fsp3) is 0.650. The normalized spacial score (nSPS) is 31.0. The monoisotopic (exact) mass is 411 g/mol. The molecule has 9 heteroatoms. The number of hydrogen-bond acceptors (Lipinski definition) is 8. The van der Waals surface area contributed by atoms with Gasteiger partial charge in [-0.15, -0.1) is 0 Å². The summed E-state index contributed by atoms with van der Waals surface area (Å²) >= 11 is 0. The highest BCUT2D eigenvalue weighted by atomic mass is 16.8. The van der Waals surface area contributed by atoms with Crippen molar-refractivity contribution in [2.24, 2.45) is 0 Å². The van der Waals surface area contributed by atoms with Crippen LogP contribution >= 0.6 is 0 Å². The summed E-state index contributed by atoms with van der Waals surface area (Å²) in [4.78, 5) is 11.7. The summed E-state index contributed by atoms with van der Waals surface area (Å²) in [7, 11) is 0. The summed E-state index contributed by atoms with van der Waals surface area (Å²) in [5.41, 5.74) is 0.908. The zero-order valence-electron chi connectivity index (χ0n) is 16.7. The molecule has 2 heterocycles. The lowest BCUT2D eigenvalue weighted by molar-refractivity contribution is -0.382. The van der Waals surface area contributed by atoms with Crippen LogP contribution in [-0.4, -0.2) is 72.6 Å². The topological polar surface area (TPSA) is 116 Å². The number of aliphatic hydroxyl groups is 2. The average Bonchev–Trinajstić information content (AvgIpc) is 2.70. The number of rotatable bonds is 7. The molecule has 2 saturated heterocycles. The van der Waals surface area contributed by atoms with Gasteiger partial charge in [-0.1, -0.05) is 30.3 Å². The van der Waals surface area contributed by atoms with Crippen LogP contribution in [0.5, 0.6) is 0 Å². The van der Waals surface area contributed by atoms with Gasteiger partial charge in [0.25, 0.3) is 0 Å². The predicted molar refractivity (Wildman–Crippen MR) is 101 cm³/mol. The second kappa shape index (κ2) is 9.84. The maximum absolute atomic E-state index is 11.7. The van der Waals surface area contributed by atoms with Gasteiger partial charge < -0.3 is 39.2 Å². The molecular weight excluding hydrogens is 382 g/mol. The van der Waals surface area contributed by atoms with Crippen LogP contribution in [0.15, 0.2) is 30.3 Å². The van der Waals surface area contributed by atoms with Gasteiger partial charge in [-0.05, 0) is 25.8 Å². The van der Waals surface area contributed by atoms with Crippen molar-refractivity contribution in [1.29, 1.82) is 0 Å². The smallest absolute Gasteiger partial charge is 0.407 e. The second-order valence-corrected chi connectivity index (χ2v) is 7.53. The fourth-order valence-electron chi connectivity index (χ4n) is 3.20. The first-order valence-electron chi connectivity index (χ1n) is 9.75. The third-order valence-corrected chi connectivity index (χ3v) is 4.74. The zero-order chi connectivity index (χ0) is 20.9. The highest BCUT2D eigenvalue weighted by molar-refractivity contribution is 5.67. The van der Waals surface area contributed by atoms with Crippen molar-refractivity contribution >= 4 is 6.09 Å². The van der Waals surface area contributed by atoms with E-state index in [0.29, 0.717) is 13.0 Å². The molecule has 2 aliphatic rings. The van der Waals surface area contributed by atoms with Crippen molar-refractivity contribution in [2.45, 2.75) is 63.4 Å². The number of carbonyl (C=O) groups is 1. The summed E-state index contributed by atoms with van der Waals surface area (Å²) in [6.45, 7) is 4.47. The Labute approximate surface area is 169 Å². The van der Waals surface area contributed by atoms with Crippen molar-refractivity contribution in [3.05, 3.63) is 35.9 Å². The number of carbonyl (C=O) groups excluding carboxylic acids is 1. The van der Waals surface area contributed by atoms with E-state index in [2.05, 4.69) is 5.32 Å². The SMILES string of the molecule is CC1(C)OC[C@H]2O[C@@H](OCCCNC(=O)OCc3ccccc3)[C@H](O)[C@@H](O)[C@@H]2O1. The molecule has 2 aliphatic heterocycles. The number of ether oxygens (including phenoxy) is 5. The molecule has 29 heavy (non-hydrogen) atoms. The summed E-state index contributed by atoms with van der Waals surface area (Å²) in [6.07, 6.45) is -4.63. The van der Waals surface area contributed by atoms with E-state index < -0.39 is 42.6 Å². The number of hydrogen-bond donors (Lipinski definition) is 3. The lowest BCUT2D eigenvalue weighted by atomic mass is 9.97. The molecule has 0 saturated carbocycles. The van der Waals surface area contributed by atoms with E-state index in [9.17, 15) is 15.0 Å². The van der Waals surface area contributed by atoms with Crippen LogP contribution in [0, 0.1) is 0 Å². The molecule has 0 aromatic heterocycles. The molecule has 0 aliphatic carbocycles. The molecule has 1 aromatic carbocycles. The Hall–Kier alpha value is -1.75. The molecule has 0 unspecified atom stereocenters. The highest BCUT2D eigenvalue weighted by Crippen LogP contribution is 2.32. The van der Waals surface area contributed by atoms with E-state index in [0.717, 1.165) is 5.56 Å². The van der Waals surface area contributed by atoms with Crippen LogP contribution in [0.3, 0.4) is 0 Å². The molecule has 0 spiro atoms. The minimum atomic E-state index is -1.24. The zero-order valence-corrected chi connectivity index (χ0v) is 16.7. The number of benzene rings is 1. The van der Waals surface area contributed by atoms with Gasteiger partial charge in [0.15, 0.2) is 12.1 Å². The number of aliphatic hydroxyl groups excluding tert-OH is 2. The number of alkyl carbamates (subject to hydrolysis) is 1. The van der Waals surface area contributed by atoms with E-state index in [4.69, 9.17) is 23.7 Å². The Bertz CT molecular complexity index is 653. The van der Waals surface area contributed by atoms with Crippen LogP contribution < -0.4 is 5.32 Å². The maximum atomic E-state index is 11.7. The molecule has 1 aromatic rings. The van der Waals surface area contributed by atoms with Crippen LogP contribution in [0.1, 0.15) is 25.8 Å². The molecule has 1 amide bonds. The minimum Gasteiger partial charge on any atom is -0.445 e. The third-order valence-electron chi connectivity index (χ3n) is 4.74. The van der Waals surface area contributed by atoms with Gasteiger partial charge in [0.1, 0.15) is 31.0 Å². The van der Waals surface area contributed by atoms with E-state index in [1.165, 1.54) is 0 Å². The number of nitrogens with one attached hydrogen (secondary N) is 1. The predicted octanol–water partition coefficient (Wildman–Crippen LogP) is 0.918. The molecule has 3 N–H and O–H groups in total. The van der Waals surface area contributed by atoms with E-state index in [1.807, 2.05) is 30.3 Å². The van der Waals surface area contributed by atoms with Crippen molar-refractivity contribution in [1.82, 2.24) is 5.32 Å². The highest BCUT2D eigenvalue weighted by Gasteiger charge is 2.50. The summed E-state index contributed by atoms with van der Waals surface area (Å²) in [5, 5.41) is 23.2. The average molecular weight is 411 g/mol. The molecule has 162 valence electrons. The quantitative estimate of drug-likeness (QED) is 0.568. The molecular formula is C20H29NO8. The van der Waals surface area contributed by atoms with Crippen molar-refractivity contribution < 1.29 is 38.7 Å². The first kappa shape index (κ1) is 21.9. The fourth-order valence-corrected chi connectivity index (χ4v) is 3.20. The number of fused-ring (bicyclic) bond motifs is 1.